The molecule has 22 heavy (non-hydrogen) atoms. The highest BCUT2D eigenvalue weighted by Crippen LogP contribution is 2.31. The third-order valence-electron chi connectivity index (χ3n) is 3.67. The number of nitrogens with two attached hydrogens (primary N) is 1. The van der Waals surface area contributed by atoms with Crippen molar-refractivity contribution in [2.45, 2.75) is 12.8 Å². The Morgan fingerprint density at radius 3 is 2.91 bits per heavy atom. The second-order valence-corrected chi connectivity index (χ2v) is 6.54. The molecule has 3 rings (SSSR count). The van der Waals surface area contributed by atoms with Crippen LogP contribution in [0.4, 0.5) is 5.69 Å². The topological polar surface area (TPSA) is 115 Å². The van der Waals surface area contributed by atoms with Crippen LogP contribution in [0.3, 0.4) is 0 Å². The Labute approximate surface area is 128 Å². The average Bonchev–Trinajstić information content (AvgIpc) is 2.51. The van der Waals surface area contributed by atoms with Crippen molar-refractivity contribution in [3.8, 4) is 5.75 Å². The quantitative estimate of drug-likeness (QED) is 0.546. The normalized spacial score (nSPS) is 20.5. The molecule has 0 spiro atoms. The van der Waals surface area contributed by atoms with Crippen molar-refractivity contribution >= 4 is 21.7 Å². The highest BCUT2D eigenvalue weighted by atomic mass is 32.2. The smallest absolute Gasteiger partial charge is 0.344 e. The molecule has 0 saturated carbocycles. The molecule has 8 nitrogen and oxygen atoms in total. The van der Waals surface area contributed by atoms with Crippen LogP contribution in [-0.2, 0) is 14.9 Å². The van der Waals surface area contributed by atoms with Crippen LogP contribution in [0.5, 0.6) is 5.75 Å². The van der Waals surface area contributed by atoms with Crippen LogP contribution < -0.4 is 20.7 Å². The minimum absolute atomic E-state index is 0.0660. The number of hydrogen-bond acceptors (Lipinski definition) is 6. The summed E-state index contributed by atoms with van der Waals surface area (Å²) >= 11 is 0. The predicted molar refractivity (Wildman–Crippen MR) is 81.9 cm³/mol. The van der Waals surface area contributed by atoms with Crippen LogP contribution in [0.25, 0.3) is 0 Å². The fraction of sp³-hybridized carbons (Fsp3) is 0.462. The third kappa shape index (κ3) is 3.16. The molecule has 1 fully saturated rings. The lowest BCUT2D eigenvalue weighted by Crippen LogP contribution is -2.36. The van der Waals surface area contributed by atoms with Gasteiger partial charge in [0.1, 0.15) is 5.75 Å². The minimum Gasteiger partial charge on any atom is -0.492 e. The van der Waals surface area contributed by atoms with E-state index >= 15 is 0 Å². The van der Waals surface area contributed by atoms with Gasteiger partial charge in [-0.3, -0.25) is 4.72 Å². The lowest BCUT2D eigenvalue weighted by atomic mass is 10.0. The number of nitrogens with zero attached hydrogens (tertiary/aromatic N) is 1. The Hall–Kier alpha value is -1.84. The third-order valence-corrected chi connectivity index (χ3v) is 4.57. The molecule has 1 saturated heterocycles. The van der Waals surface area contributed by atoms with Crippen LogP contribution in [-0.4, -0.2) is 34.1 Å². The van der Waals surface area contributed by atoms with Gasteiger partial charge in [-0.25, -0.2) is 5.84 Å². The lowest BCUT2D eigenvalue weighted by Gasteiger charge is -2.24. The minimum atomic E-state index is -3.79. The van der Waals surface area contributed by atoms with Crippen LogP contribution >= 0.6 is 0 Å². The fourth-order valence-electron chi connectivity index (χ4n) is 2.53. The molecule has 2 aliphatic heterocycles. The van der Waals surface area contributed by atoms with Gasteiger partial charge in [-0.05, 0) is 30.9 Å². The van der Waals surface area contributed by atoms with Crippen molar-refractivity contribution in [3.05, 3.63) is 23.8 Å². The molecule has 0 aromatic heterocycles. The maximum atomic E-state index is 11.7. The Morgan fingerprint density at radius 2 is 2.18 bits per heavy atom. The molecule has 1 aromatic rings. The fourth-order valence-corrected chi connectivity index (χ4v) is 3.41. The molecule has 2 aliphatic rings. The number of hydrazine groups is 1. The number of nitrogens with one attached hydrogen (secondary N) is 2. The number of benzene rings is 1. The van der Waals surface area contributed by atoms with Gasteiger partial charge in [0.05, 0.1) is 17.9 Å². The summed E-state index contributed by atoms with van der Waals surface area (Å²) in [6.45, 7) is 2.04. The lowest BCUT2D eigenvalue weighted by molar-refractivity contribution is 0.0497. The number of fused-ring (bicyclic) bond motifs is 1. The number of amidine groups is 1. The van der Waals surface area contributed by atoms with Gasteiger partial charge >= 0.3 is 10.2 Å². The van der Waals surface area contributed by atoms with Gasteiger partial charge in [0, 0.05) is 13.2 Å². The van der Waals surface area contributed by atoms with Gasteiger partial charge in [-0.15, -0.1) is 4.40 Å². The zero-order valence-electron chi connectivity index (χ0n) is 11.9. The Bertz CT molecular complexity index is 683. The first-order valence-corrected chi connectivity index (χ1v) is 8.46. The van der Waals surface area contributed by atoms with E-state index in [0.717, 1.165) is 26.1 Å². The second kappa shape index (κ2) is 6.11. The molecule has 9 heteroatoms. The summed E-state index contributed by atoms with van der Waals surface area (Å²) in [4.78, 5) is 0. The van der Waals surface area contributed by atoms with Crippen LogP contribution in [0.1, 0.15) is 18.4 Å². The largest absolute Gasteiger partial charge is 0.492 e. The standard InChI is InChI=1S/C13H18N4O4S/c14-15-13-12-10(16-22(18,19)17-13)2-1-3-11(12)21-8-9-4-6-20-7-5-9/h1-3,9,16H,4-8,14H2,(H,15,17). The van der Waals surface area contributed by atoms with Crippen molar-refractivity contribution in [1.82, 2.24) is 5.43 Å². The van der Waals surface area contributed by atoms with Gasteiger partial charge in [0.15, 0.2) is 5.84 Å². The predicted octanol–water partition coefficient (Wildman–Crippen LogP) is 0.372. The molecule has 0 radical (unpaired) electrons. The van der Waals surface area contributed by atoms with Gasteiger partial charge in [0.25, 0.3) is 0 Å². The van der Waals surface area contributed by atoms with E-state index in [4.69, 9.17) is 15.3 Å². The molecule has 0 atom stereocenters. The summed E-state index contributed by atoms with van der Waals surface area (Å²) in [5, 5.41) is 0. The zero-order chi connectivity index (χ0) is 15.6. The Kier molecular flexibility index (Phi) is 4.19. The maximum absolute atomic E-state index is 11.7. The van der Waals surface area contributed by atoms with E-state index in [1.54, 1.807) is 18.2 Å². The van der Waals surface area contributed by atoms with Crippen molar-refractivity contribution in [2.24, 2.45) is 16.2 Å². The van der Waals surface area contributed by atoms with Gasteiger partial charge in [-0.2, -0.15) is 8.42 Å². The molecule has 1 aromatic carbocycles. The van der Waals surface area contributed by atoms with Gasteiger partial charge in [-0.1, -0.05) is 6.07 Å². The molecule has 0 bridgehead atoms. The number of rotatable bonds is 3. The van der Waals surface area contributed by atoms with Crippen molar-refractivity contribution < 1.29 is 17.9 Å². The first-order chi connectivity index (χ1) is 10.6. The molecular formula is C13H18N4O4S. The summed E-state index contributed by atoms with van der Waals surface area (Å²) in [6, 6.07) is 5.13. The van der Waals surface area contributed by atoms with Gasteiger partial charge < -0.3 is 14.9 Å². The number of anilines is 1. The van der Waals surface area contributed by atoms with Crippen LogP contribution in [0.2, 0.25) is 0 Å². The summed E-state index contributed by atoms with van der Waals surface area (Å²) in [5.74, 6) is 6.44. The Balaban J connectivity index is 1.84. The van der Waals surface area contributed by atoms with Crippen LogP contribution in [0.15, 0.2) is 22.6 Å². The molecule has 120 valence electrons. The molecule has 0 aliphatic carbocycles. The van der Waals surface area contributed by atoms with Crippen molar-refractivity contribution in [2.75, 3.05) is 24.5 Å². The van der Waals surface area contributed by atoms with E-state index in [-0.39, 0.29) is 5.84 Å². The summed E-state index contributed by atoms with van der Waals surface area (Å²) < 4.78 is 40.4. The second-order valence-electron chi connectivity index (χ2n) is 5.21. The molecule has 0 amide bonds. The van der Waals surface area contributed by atoms with Gasteiger partial charge in [0.2, 0.25) is 0 Å². The zero-order valence-corrected chi connectivity index (χ0v) is 12.7. The average molecular weight is 326 g/mol. The number of ether oxygens (including phenoxy) is 2. The highest BCUT2D eigenvalue weighted by Gasteiger charge is 2.26. The summed E-state index contributed by atoms with van der Waals surface area (Å²) in [6.07, 6.45) is 1.91. The van der Waals surface area contributed by atoms with Crippen LogP contribution in [0, 0.1) is 5.92 Å². The summed E-state index contributed by atoms with van der Waals surface area (Å²) in [5.41, 5.74) is 3.24. The monoisotopic (exact) mass is 326 g/mol. The van der Waals surface area contributed by atoms with Crippen molar-refractivity contribution in [3.63, 3.8) is 0 Å². The first kappa shape index (κ1) is 15.1. The van der Waals surface area contributed by atoms with E-state index in [1.165, 1.54) is 0 Å². The molecule has 0 unspecified atom stereocenters. The van der Waals surface area contributed by atoms with E-state index in [1.807, 2.05) is 0 Å². The maximum Gasteiger partial charge on any atom is 0.344 e. The van der Waals surface area contributed by atoms with E-state index in [9.17, 15) is 8.42 Å². The Morgan fingerprint density at radius 1 is 1.41 bits per heavy atom. The van der Waals surface area contributed by atoms with E-state index < -0.39 is 10.2 Å². The summed E-state index contributed by atoms with van der Waals surface area (Å²) in [7, 11) is -3.79. The number of hydrogen-bond donors (Lipinski definition) is 3. The molecular weight excluding hydrogens is 308 g/mol. The molecule has 4 N–H and O–H groups in total. The van der Waals surface area contributed by atoms with E-state index in [2.05, 4.69) is 14.5 Å². The first-order valence-electron chi connectivity index (χ1n) is 7.02. The van der Waals surface area contributed by atoms with E-state index in [0.29, 0.717) is 29.5 Å². The highest BCUT2D eigenvalue weighted by molar-refractivity contribution is 7.91. The molecule has 2 heterocycles. The van der Waals surface area contributed by atoms with Crippen molar-refractivity contribution in [1.29, 1.82) is 0 Å². The SMILES string of the molecule is NNC1=NS(=O)(=O)Nc2cccc(OCC3CCOCC3)c21.